The molecule has 0 unspecified atom stereocenters. The summed E-state index contributed by atoms with van der Waals surface area (Å²) in [5.74, 6) is 1.31. The van der Waals surface area contributed by atoms with Gasteiger partial charge in [-0.3, -0.25) is 0 Å². The Morgan fingerprint density at radius 2 is 1.68 bits per heavy atom. The van der Waals surface area contributed by atoms with E-state index in [2.05, 4.69) is 9.97 Å². The van der Waals surface area contributed by atoms with Crippen molar-refractivity contribution in [3.05, 3.63) is 17.2 Å². The predicted octanol–water partition coefficient (Wildman–Crippen LogP) is 3.48. The Morgan fingerprint density at radius 1 is 1.09 bits per heavy atom. The summed E-state index contributed by atoms with van der Waals surface area (Å²) in [6.45, 7) is 8.10. The van der Waals surface area contributed by atoms with Gasteiger partial charge in [0.25, 0.3) is 0 Å². The molecular formula is C16H24BClN2O2. The van der Waals surface area contributed by atoms with Gasteiger partial charge in [0.1, 0.15) is 11.0 Å². The predicted molar refractivity (Wildman–Crippen MR) is 88.6 cm³/mol. The normalized spacial score (nSPS) is 24.7. The smallest absolute Gasteiger partial charge is 0.399 e. The third kappa shape index (κ3) is 2.91. The van der Waals surface area contributed by atoms with Crippen LogP contribution in [-0.2, 0) is 9.31 Å². The minimum atomic E-state index is -0.502. The van der Waals surface area contributed by atoms with Crippen LogP contribution in [0.3, 0.4) is 0 Å². The lowest BCUT2D eigenvalue weighted by Crippen LogP contribution is -2.41. The van der Waals surface area contributed by atoms with Crippen molar-refractivity contribution in [3.8, 4) is 0 Å². The molecule has 0 bridgehead atoms. The molecule has 1 saturated heterocycles. The molecule has 1 aliphatic heterocycles. The van der Waals surface area contributed by atoms with E-state index in [1.807, 2.05) is 27.7 Å². The number of hydrogen-bond donors (Lipinski definition) is 0. The van der Waals surface area contributed by atoms with Crippen molar-refractivity contribution in [1.82, 2.24) is 9.97 Å². The van der Waals surface area contributed by atoms with Gasteiger partial charge in [0.15, 0.2) is 0 Å². The van der Waals surface area contributed by atoms with Crippen LogP contribution in [0.25, 0.3) is 0 Å². The molecule has 0 radical (unpaired) electrons. The molecular weight excluding hydrogens is 298 g/mol. The van der Waals surface area contributed by atoms with Crippen molar-refractivity contribution in [3.63, 3.8) is 0 Å². The number of aromatic nitrogens is 2. The molecule has 120 valence electrons. The molecule has 2 aliphatic rings. The van der Waals surface area contributed by atoms with Gasteiger partial charge in [-0.1, -0.05) is 30.9 Å². The first-order chi connectivity index (χ1) is 10.3. The van der Waals surface area contributed by atoms with E-state index in [0.717, 1.165) is 24.1 Å². The molecule has 6 heteroatoms. The second kappa shape index (κ2) is 5.77. The van der Waals surface area contributed by atoms with Crippen LogP contribution in [-0.4, -0.2) is 28.3 Å². The zero-order valence-corrected chi connectivity index (χ0v) is 14.6. The highest BCUT2D eigenvalue weighted by Gasteiger charge is 2.52. The van der Waals surface area contributed by atoms with E-state index in [0.29, 0.717) is 11.1 Å². The van der Waals surface area contributed by atoms with Gasteiger partial charge in [-0.25, -0.2) is 9.97 Å². The Balaban J connectivity index is 1.81. The Hall–Kier alpha value is -0.645. The fourth-order valence-corrected chi connectivity index (χ4v) is 3.29. The summed E-state index contributed by atoms with van der Waals surface area (Å²) in [4.78, 5) is 9.08. The van der Waals surface area contributed by atoms with Crippen molar-refractivity contribution >= 4 is 24.2 Å². The second-order valence-electron chi connectivity index (χ2n) is 7.40. The average Bonchev–Trinajstić information content (AvgIpc) is 2.68. The summed E-state index contributed by atoms with van der Waals surface area (Å²) in [5, 5.41) is 0.453. The number of halogens is 1. The quantitative estimate of drug-likeness (QED) is 0.617. The number of hydrogen-bond acceptors (Lipinski definition) is 4. The Kier molecular flexibility index (Phi) is 4.25. The first-order valence-corrected chi connectivity index (χ1v) is 8.56. The van der Waals surface area contributed by atoms with Crippen LogP contribution in [0.5, 0.6) is 0 Å². The molecule has 3 rings (SSSR count). The summed E-state index contributed by atoms with van der Waals surface area (Å²) in [5.41, 5.74) is -0.0496. The number of nitrogens with zero attached hydrogens (tertiary/aromatic N) is 2. The highest BCUT2D eigenvalue weighted by Crippen LogP contribution is 2.37. The van der Waals surface area contributed by atoms with E-state index in [9.17, 15) is 0 Å². The van der Waals surface area contributed by atoms with Crippen LogP contribution < -0.4 is 5.46 Å². The maximum Gasteiger partial charge on any atom is 0.499 e. The minimum Gasteiger partial charge on any atom is -0.399 e. The Morgan fingerprint density at radius 3 is 2.23 bits per heavy atom. The van der Waals surface area contributed by atoms with Crippen LogP contribution in [0, 0.1) is 0 Å². The lowest BCUT2D eigenvalue weighted by Gasteiger charge is -2.32. The van der Waals surface area contributed by atoms with Crippen LogP contribution in [0.4, 0.5) is 0 Å². The van der Waals surface area contributed by atoms with E-state index >= 15 is 0 Å². The minimum absolute atomic E-state index is 0.386. The van der Waals surface area contributed by atoms with Gasteiger partial charge in [-0.15, -0.1) is 0 Å². The van der Waals surface area contributed by atoms with Gasteiger partial charge >= 0.3 is 7.12 Å². The second-order valence-corrected chi connectivity index (χ2v) is 7.76. The van der Waals surface area contributed by atoms with E-state index in [1.165, 1.54) is 19.3 Å². The molecule has 1 aromatic rings. The maximum atomic E-state index is 6.40. The molecule has 0 amide bonds. The van der Waals surface area contributed by atoms with Gasteiger partial charge in [-0.2, -0.15) is 0 Å². The zero-order valence-electron chi connectivity index (χ0n) is 13.9. The summed E-state index contributed by atoms with van der Waals surface area (Å²) < 4.78 is 12.1. The molecule has 1 aromatic heterocycles. The lowest BCUT2D eigenvalue weighted by molar-refractivity contribution is 0.00578. The number of rotatable bonds is 2. The van der Waals surface area contributed by atoms with Crippen LogP contribution in [0.1, 0.15) is 71.5 Å². The average molecular weight is 323 g/mol. The molecule has 1 aliphatic carbocycles. The first kappa shape index (κ1) is 16.2. The van der Waals surface area contributed by atoms with Crippen molar-refractivity contribution in [2.45, 2.75) is 76.9 Å². The fraction of sp³-hybridized carbons (Fsp3) is 0.750. The van der Waals surface area contributed by atoms with Crippen molar-refractivity contribution in [2.75, 3.05) is 0 Å². The van der Waals surface area contributed by atoms with E-state index in [-0.39, 0.29) is 11.2 Å². The van der Waals surface area contributed by atoms with Gasteiger partial charge in [0, 0.05) is 17.6 Å². The highest BCUT2D eigenvalue weighted by atomic mass is 35.5. The van der Waals surface area contributed by atoms with Gasteiger partial charge in [0.05, 0.1) is 11.2 Å². The highest BCUT2D eigenvalue weighted by molar-refractivity contribution is 6.65. The summed E-state index contributed by atoms with van der Waals surface area (Å²) in [7, 11) is -0.502. The monoisotopic (exact) mass is 322 g/mol. The molecule has 2 heterocycles. The molecule has 22 heavy (non-hydrogen) atoms. The molecule has 4 nitrogen and oxygen atoms in total. The molecule has 2 fully saturated rings. The van der Waals surface area contributed by atoms with Crippen LogP contribution >= 0.6 is 11.6 Å². The van der Waals surface area contributed by atoms with E-state index < -0.39 is 7.12 Å². The topological polar surface area (TPSA) is 44.2 Å². The van der Waals surface area contributed by atoms with E-state index in [1.54, 1.807) is 6.20 Å². The largest absolute Gasteiger partial charge is 0.499 e. The van der Waals surface area contributed by atoms with Gasteiger partial charge in [0.2, 0.25) is 0 Å². The van der Waals surface area contributed by atoms with Crippen molar-refractivity contribution in [1.29, 1.82) is 0 Å². The third-order valence-corrected chi connectivity index (χ3v) is 5.57. The molecule has 0 N–H and O–H groups in total. The summed E-state index contributed by atoms with van der Waals surface area (Å²) >= 11 is 6.40. The summed E-state index contributed by atoms with van der Waals surface area (Å²) in [6.07, 6.45) is 7.92. The SMILES string of the molecule is CC1(C)OB(c2cnc(C3CCCCC3)nc2Cl)OC1(C)C. The lowest BCUT2D eigenvalue weighted by atomic mass is 9.81. The Labute approximate surface area is 138 Å². The van der Waals surface area contributed by atoms with Gasteiger partial charge < -0.3 is 9.31 Å². The van der Waals surface area contributed by atoms with Crippen molar-refractivity contribution < 1.29 is 9.31 Å². The van der Waals surface area contributed by atoms with Crippen LogP contribution in [0.15, 0.2) is 6.20 Å². The molecule has 1 saturated carbocycles. The molecule has 0 spiro atoms. The van der Waals surface area contributed by atoms with Crippen LogP contribution in [0.2, 0.25) is 5.15 Å². The fourth-order valence-electron chi connectivity index (χ4n) is 3.07. The third-order valence-electron chi connectivity index (χ3n) is 5.26. The summed E-state index contributed by atoms with van der Waals surface area (Å²) in [6, 6.07) is 0. The Bertz CT molecular complexity index is 543. The zero-order chi connectivity index (χ0) is 16.0. The maximum absolute atomic E-state index is 6.40. The molecule has 0 atom stereocenters. The van der Waals surface area contributed by atoms with E-state index in [4.69, 9.17) is 20.9 Å². The first-order valence-electron chi connectivity index (χ1n) is 8.18. The van der Waals surface area contributed by atoms with Crippen molar-refractivity contribution in [2.24, 2.45) is 0 Å². The standard InChI is InChI=1S/C16H24BClN2O2/c1-15(2)16(3,4)22-17(21-15)12-10-19-14(20-13(12)18)11-8-6-5-7-9-11/h10-11H,5-9H2,1-4H3. The molecule has 0 aromatic carbocycles. The van der Waals surface area contributed by atoms with Gasteiger partial charge in [-0.05, 0) is 40.5 Å².